The minimum Gasteiger partial charge on any atom is -0.374 e. The summed E-state index contributed by atoms with van der Waals surface area (Å²) in [6, 6.07) is 5.61. The van der Waals surface area contributed by atoms with E-state index in [1.165, 1.54) is 21.5 Å². The van der Waals surface area contributed by atoms with Crippen LogP contribution in [-0.2, 0) is 4.74 Å². The Morgan fingerprint density at radius 1 is 1.50 bits per heavy atom. The van der Waals surface area contributed by atoms with Crippen LogP contribution in [0.15, 0.2) is 15.9 Å². The topological polar surface area (TPSA) is 24.5 Å². The van der Waals surface area contributed by atoms with Crippen LogP contribution in [-0.4, -0.2) is 43.8 Å². The Balaban J connectivity index is 1.85. The number of ether oxygens (including phenoxy) is 1. The number of nitrogens with zero attached hydrogens (tertiary/aromatic N) is 1. The van der Waals surface area contributed by atoms with Crippen molar-refractivity contribution in [2.75, 3.05) is 26.7 Å². The Morgan fingerprint density at radius 2 is 2.33 bits per heavy atom. The molecule has 0 aromatic carbocycles. The van der Waals surface area contributed by atoms with Gasteiger partial charge in [0.1, 0.15) is 0 Å². The van der Waals surface area contributed by atoms with Crippen LogP contribution in [0.2, 0.25) is 0 Å². The van der Waals surface area contributed by atoms with E-state index in [4.69, 9.17) is 4.74 Å². The van der Waals surface area contributed by atoms with Gasteiger partial charge >= 0.3 is 0 Å². The number of morpholine rings is 1. The molecule has 0 spiro atoms. The Hall–Kier alpha value is 0.0600. The molecule has 2 unspecified atom stereocenters. The van der Waals surface area contributed by atoms with E-state index >= 15 is 0 Å². The van der Waals surface area contributed by atoms with E-state index in [2.05, 4.69) is 38.3 Å². The molecule has 0 bridgehead atoms. The maximum Gasteiger partial charge on any atom is 0.0904 e. The zero-order valence-corrected chi connectivity index (χ0v) is 13.0. The van der Waals surface area contributed by atoms with Crippen molar-refractivity contribution in [3.63, 3.8) is 0 Å². The molecule has 1 aliphatic carbocycles. The third kappa shape index (κ3) is 2.65. The predicted octanol–water partition coefficient (Wildman–Crippen LogP) is 2.63. The Labute approximate surface area is 121 Å². The van der Waals surface area contributed by atoms with Crippen LogP contribution < -0.4 is 5.32 Å². The monoisotopic (exact) mass is 330 g/mol. The van der Waals surface area contributed by atoms with Gasteiger partial charge in [0, 0.05) is 24.0 Å². The lowest BCUT2D eigenvalue weighted by Gasteiger charge is -2.41. The summed E-state index contributed by atoms with van der Waals surface area (Å²) in [5.41, 5.74) is 0. The molecule has 5 heteroatoms. The fourth-order valence-corrected chi connectivity index (χ4v) is 4.37. The number of halogens is 1. The van der Waals surface area contributed by atoms with Crippen LogP contribution >= 0.6 is 27.3 Å². The molecule has 1 aromatic heterocycles. The molecule has 3 rings (SSSR count). The highest BCUT2D eigenvalue weighted by molar-refractivity contribution is 9.11. The van der Waals surface area contributed by atoms with Gasteiger partial charge in [0.2, 0.25) is 0 Å². The second-order valence-corrected chi connectivity index (χ2v) is 7.52. The summed E-state index contributed by atoms with van der Waals surface area (Å²) in [6.07, 6.45) is 2.99. The quantitative estimate of drug-likeness (QED) is 0.918. The number of hydrogen-bond donors (Lipinski definition) is 1. The molecule has 2 aliphatic rings. The van der Waals surface area contributed by atoms with Crippen molar-refractivity contribution in [3.8, 4) is 0 Å². The van der Waals surface area contributed by atoms with Crippen molar-refractivity contribution in [1.82, 2.24) is 10.2 Å². The van der Waals surface area contributed by atoms with Gasteiger partial charge in [-0.2, -0.15) is 0 Å². The predicted molar refractivity (Wildman–Crippen MR) is 78.2 cm³/mol. The molecule has 18 heavy (non-hydrogen) atoms. The molecule has 2 fully saturated rings. The van der Waals surface area contributed by atoms with Gasteiger partial charge in [-0.3, -0.25) is 4.90 Å². The molecular formula is C13H19BrN2OS. The Kier molecular flexibility index (Phi) is 4.06. The van der Waals surface area contributed by atoms with Crippen molar-refractivity contribution in [2.45, 2.75) is 31.0 Å². The molecule has 1 aliphatic heterocycles. The minimum absolute atomic E-state index is 0.273. The summed E-state index contributed by atoms with van der Waals surface area (Å²) in [5, 5.41) is 3.27. The highest BCUT2D eigenvalue weighted by Gasteiger charge is 2.41. The highest BCUT2D eigenvalue weighted by Crippen LogP contribution is 2.41. The van der Waals surface area contributed by atoms with Gasteiger partial charge in [-0.1, -0.05) is 0 Å². The Morgan fingerprint density at radius 3 is 2.94 bits per heavy atom. The molecule has 1 saturated heterocycles. The van der Waals surface area contributed by atoms with Crippen LogP contribution in [0.25, 0.3) is 0 Å². The average molecular weight is 331 g/mol. The van der Waals surface area contributed by atoms with Crippen LogP contribution in [0.1, 0.15) is 23.8 Å². The number of thiophene rings is 1. The van der Waals surface area contributed by atoms with Crippen molar-refractivity contribution in [3.05, 3.63) is 20.8 Å². The maximum absolute atomic E-state index is 5.99. The molecule has 2 heterocycles. The van der Waals surface area contributed by atoms with Crippen LogP contribution in [0.4, 0.5) is 0 Å². The van der Waals surface area contributed by atoms with Gasteiger partial charge in [-0.25, -0.2) is 0 Å². The molecule has 100 valence electrons. The van der Waals surface area contributed by atoms with Gasteiger partial charge in [-0.15, -0.1) is 11.3 Å². The van der Waals surface area contributed by atoms with Crippen LogP contribution in [0.3, 0.4) is 0 Å². The van der Waals surface area contributed by atoms with E-state index in [-0.39, 0.29) is 6.10 Å². The van der Waals surface area contributed by atoms with Crippen LogP contribution in [0, 0.1) is 0 Å². The van der Waals surface area contributed by atoms with E-state index in [0.717, 1.165) is 25.7 Å². The molecule has 2 atom stereocenters. The summed E-state index contributed by atoms with van der Waals surface area (Å²) in [7, 11) is 2.00. The van der Waals surface area contributed by atoms with E-state index in [0.29, 0.717) is 6.04 Å². The van der Waals surface area contributed by atoms with E-state index in [1.807, 2.05) is 18.4 Å². The van der Waals surface area contributed by atoms with Gasteiger partial charge in [0.15, 0.2) is 0 Å². The average Bonchev–Trinajstić information content (AvgIpc) is 3.12. The molecule has 1 N–H and O–H groups in total. The number of hydrogen-bond acceptors (Lipinski definition) is 4. The molecule has 1 aromatic rings. The molecule has 0 radical (unpaired) electrons. The first-order valence-corrected chi connectivity index (χ1v) is 8.17. The van der Waals surface area contributed by atoms with Crippen LogP contribution in [0.5, 0.6) is 0 Å². The summed E-state index contributed by atoms with van der Waals surface area (Å²) < 4.78 is 7.20. The van der Waals surface area contributed by atoms with E-state index < -0.39 is 0 Å². The smallest absolute Gasteiger partial charge is 0.0904 e. The molecule has 3 nitrogen and oxygen atoms in total. The molecule has 0 amide bonds. The van der Waals surface area contributed by atoms with Crippen molar-refractivity contribution in [2.24, 2.45) is 0 Å². The first-order valence-electron chi connectivity index (χ1n) is 6.57. The lowest BCUT2D eigenvalue weighted by Crippen LogP contribution is -2.49. The third-order valence-corrected chi connectivity index (χ3v) is 5.39. The van der Waals surface area contributed by atoms with Crippen molar-refractivity contribution < 1.29 is 4.74 Å². The van der Waals surface area contributed by atoms with Gasteiger partial charge in [0.05, 0.1) is 22.5 Å². The second kappa shape index (κ2) is 5.59. The van der Waals surface area contributed by atoms with Gasteiger partial charge in [-0.05, 0) is 48.0 Å². The summed E-state index contributed by atoms with van der Waals surface area (Å²) in [6.45, 7) is 2.86. The SMILES string of the molecule is CNCC1OCCN(C2CC2)C1c1ccc(Br)s1. The molecular weight excluding hydrogens is 312 g/mol. The number of rotatable bonds is 4. The fourth-order valence-electron chi connectivity index (χ4n) is 2.77. The largest absolute Gasteiger partial charge is 0.374 e. The highest BCUT2D eigenvalue weighted by atomic mass is 79.9. The fraction of sp³-hybridized carbons (Fsp3) is 0.692. The van der Waals surface area contributed by atoms with E-state index in [1.54, 1.807) is 0 Å². The van der Waals surface area contributed by atoms with Gasteiger partial charge in [0.25, 0.3) is 0 Å². The van der Waals surface area contributed by atoms with Crippen molar-refractivity contribution >= 4 is 27.3 Å². The lowest BCUT2D eigenvalue weighted by molar-refractivity contribution is -0.0728. The maximum atomic E-state index is 5.99. The van der Waals surface area contributed by atoms with Gasteiger partial charge < -0.3 is 10.1 Å². The first kappa shape index (κ1) is 13.1. The van der Waals surface area contributed by atoms with E-state index in [9.17, 15) is 0 Å². The third-order valence-electron chi connectivity index (χ3n) is 3.70. The Bertz CT molecular complexity index is 405. The zero-order valence-electron chi connectivity index (χ0n) is 10.6. The number of likely N-dealkylation sites (N-methyl/N-ethyl adjacent to an activating group) is 1. The minimum atomic E-state index is 0.273. The lowest BCUT2D eigenvalue weighted by atomic mass is 10.0. The zero-order chi connectivity index (χ0) is 12.5. The molecule has 1 saturated carbocycles. The number of nitrogens with one attached hydrogen (secondary N) is 1. The standard InChI is InChI=1S/C13H19BrN2OS/c1-15-8-10-13(11-4-5-12(14)18-11)16(6-7-17-10)9-2-3-9/h4-5,9-10,13,15H,2-3,6-8H2,1H3. The first-order chi connectivity index (χ1) is 8.79. The van der Waals surface area contributed by atoms with Crippen molar-refractivity contribution in [1.29, 1.82) is 0 Å². The normalized spacial score (nSPS) is 29.7. The summed E-state index contributed by atoms with van der Waals surface area (Å²) >= 11 is 5.41. The second-order valence-electron chi connectivity index (χ2n) is 5.02. The summed E-state index contributed by atoms with van der Waals surface area (Å²) in [4.78, 5) is 4.08. The summed E-state index contributed by atoms with van der Waals surface area (Å²) in [5.74, 6) is 0.